The molecule has 0 radical (unpaired) electrons. The van der Waals surface area contributed by atoms with Crippen LogP contribution in [0.4, 0.5) is 0 Å². The SMILES string of the molecule is COC1(OC)C=C(CO)C=CC1(O)O. The van der Waals surface area contributed by atoms with Crippen LogP contribution in [0.25, 0.3) is 0 Å². The first-order valence-electron chi connectivity index (χ1n) is 4.08. The van der Waals surface area contributed by atoms with Gasteiger partial charge in [0.1, 0.15) is 0 Å². The van der Waals surface area contributed by atoms with Crippen LogP contribution in [0.1, 0.15) is 0 Å². The first-order valence-corrected chi connectivity index (χ1v) is 4.08. The third kappa shape index (κ3) is 1.60. The summed E-state index contributed by atoms with van der Waals surface area (Å²) in [7, 11) is 2.57. The molecule has 14 heavy (non-hydrogen) atoms. The maximum atomic E-state index is 9.59. The predicted molar refractivity (Wildman–Crippen MR) is 48.2 cm³/mol. The van der Waals surface area contributed by atoms with E-state index in [1.165, 1.54) is 26.4 Å². The lowest BCUT2D eigenvalue weighted by Crippen LogP contribution is -2.55. The van der Waals surface area contributed by atoms with Crippen molar-refractivity contribution in [2.75, 3.05) is 20.8 Å². The van der Waals surface area contributed by atoms with E-state index in [1.807, 2.05) is 0 Å². The number of methoxy groups -OCH3 is 2. The van der Waals surface area contributed by atoms with Gasteiger partial charge in [-0.2, -0.15) is 0 Å². The van der Waals surface area contributed by atoms with Crippen molar-refractivity contribution in [3.63, 3.8) is 0 Å². The zero-order chi connectivity index (χ0) is 10.8. The molecule has 0 heterocycles. The second-order valence-electron chi connectivity index (χ2n) is 3.01. The third-order valence-electron chi connectivity index (χ3n) is 2.21. The molecule has 1 aliphatic rings. The van der Waals surface area contributed by atoms with Gasteiger partial charge in [-0.1, -0.05) is 6.08 Å². The fourth-order valence-corrected chi connectivity index (χ4v) is 1.34. The molecule has 0 bridgehead atoms. The molecule has 0 saturated carbocycles. The lowest BCUT2D eigenvalue weighted by molar-refractivity contribution is -0.328. The maximum Gasteiger partial charge on any atom is 0.247 e. The fraction of sp³-hybridized carbons (Fsp3) is 0.556. The summed E-state index contributed by atoms with van der Waals surface area (Å²) < 4.78 is 9.83. The van der Waals surface area contributed by atoms with Crippen molar-refractivity contribution in [1.29, 1.82) is 0 Å². The van der Waals surface area contributed by atoms with E-state index in [0.717, 1.165) is 6.08 Å². The van der Waals surface area contributed by atoms with Gasteiger partial charge in [0, 0.05) is 14.2 Å². The van der Waals surface area contributed by atoms with Crippen LogP contribution in [-0.2, 0) is 9.47 Å². The number of hydrogen-bond acceptors (Lipinski definition) is 5. The number of rotatable bonds is 3. The Kier molecular flexibility index (Phi) is 3.08. The smallest absolute Gasteiger partial charge is 0.247 e. The molecule has 0 aromatic heterocycles. The molecule has 0 aliphatic heterocycles. The molecule has 0 fully saturated rings. The highest BCUT2D eigenvalue weighted by Crippen LogP contribution is 2.32. The van der Waals surface area contributed by atoms with Crippen LogP contribution in [0.2, 0.25) is 0 Å². The average Bonchev–Trinajstić information content (AvgIpc) is 2.18. The Morgan fingerprint density at radius 2 is 1.86 bits per heavy atom. The number of ether oxygens (including phenoxy) is 2. The summed E-state index contributed by atoms with van der Waals surface area (Å²) in [5, 5.41) is 28.1. The van der Waals surface area contributed by atoms with Gasteiger partial charge in [0.2, 0.25) is 11.6 Å². The monoisotopic (exact) mass is 202 g/mol. The highest BCUT2D eigenvalue weighted by atomic mass is 16.7. The molecule has 3 N–H and O–H groups in total. The minimum Gasteiger partial charge on any atom is -0.392 e. The Hall–Kier alpha value is -0.720. The van der Waals surface area contributed by atoms with Gasteiger partial charge in [-0.25, -0.2) is 0 Å². The largest absolute Gasteiger partial charge is 0.392 e. The van der Waals surface area contributed by atoms with Crippen LogP contribution in [-0.4, -0.2) is 47.7 Å². The van der Waals surface area contributed by atoms with Gasteiger partial charge < -0.3 is 24.8 Å². The molecule has 80 valence electrons. The number of aliphatic hydroxyl groups is 3. The van der Waals surface area contributed by atoms with Gasteiger partial charge in [-0.15, -0.1) is 0 Å². The van der Waals surface area contributed by atoms with Crippen LogP contribution >= 0.6 is 0 Å². The van der Waals surface area contributed by atoms with Crippen molar-refractivity contribution < 1.29 is 24.8 Å². The Balaban J connectivity index is 3.11. The normalized spacial score (nSPS) is 23.4. The summed E-state index contributed by atoms with van der Waals surface area (Å²) in [4.78, 5) is 0. The molecule has 0 saturated heterocycles. The van der Waals surface area contributed by atoms with Crippen LogP contribution in [0.3, 0.4) is 0 Å². The Labute approximate surface area is 81.9 Å². The molecule has 0 amide bonds. The van der Waals surface area contributed by atoms with Crippen molar-refractivity contribution in [1.82, 2.24) is 0 Å². The van der Waals surface area contributed by atoms with Crippen LogP contribution in [0.5, 0.6) is 0 Å². The molecule has 0 unspecified atom stereocenters. The maximum absolute atomic E-state index is 9.59. The lowest BCUT2D eigenvalue weighted by atomic mass is 9.95. The first-order chi connectivity index (χ1) is 6.51. The lowest BCUT2D eigenvalue weighted by Gasteiger charge is -2.39. The molecule has 1 aliphatic carbocycles. The second-order valence-corrected chi connectivity index (χ2v) is 3.01. The minimum absolute atomic E-state index is 0.221. The number of aliphatic hydroxyl groups excluding tert-OH is 1. The van der Waals surface area contributed by atoms with Crippen molar-refractivity contribution in [3.05, 3.63) is 23.8 Å². The van der Waals surface area contributed by atoms with E-state index in [2.05, 4.69) is 0 Å². The molecular formula is C9H14O5. The summed E-state index contributed by atoms with van der Waals surface area (Å²) in [5.41, 5.74) is 0.493. The topological polar surface area (TPSA) is 79.2 Å². The van der Waals surface area contributed by atoms with Crippen molar-refractivity contribution in [3.8, 4) is 0 Å². The Bertz CT molecular complexity index is 262. The van der Waals surface area contributed by atoms with E-state index >= 15 is 0 Å². The van der Waals surface area contributed by atoms with Crippen LogP contribution < -0.4 is 0 Å². The summed E-state index contributed by atoms with van der Waals surface area (Å²) in [6.07, 6.45) is 3.83. The number of hydrogen-bond donors (Lipinski definition) is 3. The van der Waals surface area contributed by atoms with Gasteiger partial charge >= 0.3 is 0 Å². The van der Waals surface area contributed by atoms with E-state index in [1.54, 1.807) is 0 Å². The van der Waals surface area contributed by atoms with E-state index in [4.69, 9.17) is 14.6 Å². The minimum atomic E-state index is -2.24. The van der Waals surface area contributed by atoms with Gasteiger partial charge in [0.15, 0.2) is 0 Å². The molecule has 0 aromatic carbocycles. The highest BCUT2D eigenvalue weighted by molar-refractivity contribution is 5.32. The second kappa shape index (κ2) is 3.80. The quantitative estimate of drug-likeness (QED) is 0.519. The van der Waals surface area contributed by atoms with Crippen molar-refractivity contribution in [2.45, 2.75) is 11.6 Å². The predicted octanol–water partition coefficient (Wildman–Crippen LogP) is -0.855. The van der Waals surface area contributed by atoms with E-state index in [-0.39, 0.29) is 6.61 Å². The summed E-state index contributed by atoms with van der Waals surface area (Å²) >= 11 is 0. The van der Waals surface area contributed by atoms with Gasteiger partial charge in [0.25, 0.3) is 0 Å². The van der Waals surface area contributed by atoms with E-state index in [0.29, 0.717) is 5.57 Å². The Morgan fingerprint density at radius 1 is 1.29 bits per heavy atom. The summed E-state index contributed by atoms with van der Waals surface area (Å²) in [6, 6.07) is 0. The average molecular weight is 202 g/mol. The molecule has 5 nitrogen and oxygen atoms in total. The molecule has 5 heteroatoms. The van der Waals surface area contributed by atoms with Crippen molar-refractivity contribution >= 4 is 0 Å². The zero-order valence-corrected chi connectivity index (χ0v) is 8.10. The standard InChI is InChI=1S/C9H14O5/c1-13-9(14-2)5-7(6-10)3-4-8(9,11)12/h3-5,10-12H,6H2,1-2H3. The van der Waals surface area contributed by atoms with Crippen molar-refractivity contribution in [2.24, 2.45) is 0 Å². The fourth-order valence-electron chi connectivity index (χ4n) is 1.34. The first kappa shape index (κ1) is 11.4. The summed E-state index contributed by atoms with van der Waals surface area (Å²) in [6.45, 7) is -0.221. The molecular weight excluding hydrogens is 188 g/mol. The molecule has 0 spiro atoms. The van der Waals surface area contributed by atoms with Crippen LogP contribution in [0, 0.1) is 0 Å². The summed E-state index contributed by atoms with van der Waals surface area (Å²) in [5.74, 6) is -3.91. The van der Waals surface area contributed by atoms with E-state index < -0.39 is 11.6 Å². The van der Waals surface area contributed by atoms with Gasteiger partial charge in [0.05, 0.1) is 6.61 Å². The highest BCUT2D eigenvalue weighted by Gasteiger charge is 2.49. The Morgan fingerprint density at radius 3 is 2.29 bits per heavy atom. The van der Waals surface area contributed by atoms with Gasteiger partial charge in [-0.05, 0) is 17.7 Å². The molecule has 0 atom stereocenters. The zero-order valence-electron chi connectivity index (χ0n) is 8.10. The van der Waals surface area contributed by atoms with Crippen LogP contribution in [0.15, 0.2) is 23.8 Å². The third-order valence-corrected chi connectivity index (χ3v) is 2.21. The molecule has 0 aromatic rings. The van der Waals surface area contributed by atoms with Gasteiger partial charge in [-0.3, -0.25) is 0 Å². The van der Waals surface area contributed by atoms with E-state index in [9.17, 15) is 10.2 Å². The molecule has 1 rings (SSSR count).